The summed E-state index contributed by atoms with van der Waals surface area (Å²) in [4.78, 5) is 28.4. The highest BCUT2D eigenvalue weighted by Gasteiger charge is 2.38. The number of anilines is 1. The van der Waals surface area contributed by atoms with Crippen LogP contribution in [0.15, 0.2) is 24.3 Å². The molecular weight excluding hydrogens is 431 g/mol. The molecule has 1 aromatic carbocycles. The van der Waals surface area contributed by atoms with Gasteiger partial charge in [-0.05, 0) is 43.5 Å². The lowest BCUT2D eigenvalue weighted by Gasteiger charge is -2.42. The maximum absolute atomic E-state index is 13.1. The fourth-order valence-corrected chi connectivity index (χ4v) is 3.77. The zero-order chi connectivity index (χ0) is 24.1. The third kappa shape index (κ3) is 6.99. The largest absolute Gasteiger partial charge is 0.484 e. The number of amides is 2. The summed E-state index contributed by atoms with van der Waals surface area (Å²) in [6.45, 7) is 5.49. The predicted molar refractivity (Wildman–Crippen MR) is 110 cm³/mol. The van der Waals surface area contributed by atoms with E-state index in [1.165, 1.54) is 17.6 Å². The molecule has 1 fully saturated rings. The minimum absolute atomic E-state index is 0.0415. The number of rotatable bonds is 8. The zero-order valence-electron chi connectivity index (χ0n) is 18.3. The maximum Gasteiger partial charge on any atom is 0.422 e. The van der Waals surface area contributed by atoms with Gasteiger partial charge in [0.15, 0.2) is 6.61 Å². The third-order valence-corrected chi connectivity index (χ3v) is 5.32. The molecule has 0 radical (unpaired) electrons. The van der Waals surface area contributed by atoms with Crippen molar-refractivity contribution < 1.29 is 37.8 Å². The number of halogens is 3. The Bertz CT molecular complexity index is 773. The summed E-state index contributed by atoms with van der Waals surface area (Å²) in [6.07, 6.45) is -5.79. The highest BCUT2D eigenvalue weighted by molar-refractivity contribution is 5.89. The average Bonchev–Trinajstić information content (AvgIpc) is 2.74. The summed E-state index contributed by atoms with van der Waals surface area (Å²) in [6, 6.07) is 6.01. The van der Waals surface area contributed by atoms with Gasteiger partial charge in [0.25, 0.3) is 5.91 Å². The summed E-state index contributed by atoms with van der Waals surface area (Å²) in [5.74, 6) is -2.22. The Morgan fingerprint density at radius 1 is 1.22 bits per heavy atom. The van der Waals surface area contributed by atoms with Gasteiger partial charge in [0.05, 0.1) is 5.92 Å². The number of hydrogen-bond donors (Lipinski definition) is 3. The van der Waals surface area contributed by atoms with E-state index < -0.39 is 30.7 Å². The van der Waals surface area contributed by atoms with E-state index in [0.29, 0.717) is 19.6 Å². The van der Waals surface area contributed by atoms with Crippen molar-refractivity contribution in [2.45, 2.75) is 45.5 Å². The molecule has 0 bridgehead atoms. The molecule has 1 aliphatic heterocycles. The number of hydrogen-bond acceptors (Lipinski definition) is 6. The zero-order valence-corrected chi connectivity index (χ0v) is 18.3. The number of alkyl halides is 3. The molecule has 0 saturated carbocycles. The van der Waals surface area contributed by atoms with Crippen molar-refractivity contribution in [1.29, 1.82) is 0 Å². The summed E-state index contributed by atoms with van der Waals surface area (Å²) in [5, 5.41) is 19.1. The number of nitrogens with zero attached hydrogens (tertiary/aromatic N) is 2. The molecule has 2 amide bonds. The first-order valence-corrected chi connectivity index (χ1v) is 10.4. The highest BCUT2D eigenvalue weighted by atomic mass is 19.4. The van der Waals surface area contributed by atoms with E-state index in [9.17, 15) is 27.9 Å². The van der Waals surface area contributed by atoms with Crippen LogP contribution in [-0.4, -0.2) is 71.6 Å². The maximum atomic E-state index is 13.1. The molecule has 0 aromatic heterocycles. The molecule has 1 saturated heterocycles. The van der Waals surface area contributed by atoms with E-state index in [0.717, 1.165) is 5.69 Å². The van der Waals surface area contributed by atoms with Gasteiger partial charge in [-0.15, -0.1) is 0 Å². The van der Waals surface area contributed by atoms with E-state index in [1.54, 1.807) is 17.0 Å². The van der Waals surface area contributed by atoms with Crippen LogP contribution in [0.4, 0.5) is 18.9 Å². The molecule has 11 heteroatoms. The molecule has 180 valence electrons. The lowest BCUT2D eigenvalue weighted by molar-refractivity contribution is -0.153. The van der Waals surface area contributed by atoms with Crippen molar-refractivity contribution in [3.8, 4) is 5.75 Å². The monoisotopic (exact) mass is 461 g/mol. The van der Waals surface area contributed by atoms with Gasteiger partial charge in [0, 0.05) is 31.4 Å². The van der Waals surface area contributed by atoms with E-state index in [4.69, 9.17) is 9.94 Å². The van der Waals surface area contributed by atoms with E-state index in [2.05, 4.69) is 0 Å². The van der Waals surface area contributed by atoms with Crippen LogP contribution in [0.25, 0.3) is 0 Å². The number of hydroxylamine groups is 1. The Morgan fingerprint density at radius 3 is 2.34 bits per heavy atom. The van der Waals surface area contributed by atoms with Crippen molar-refractivity contribution in [2.75, 3.05) is 31.1 Å². The number of nitrogens with one attached hydrogen (secondary N) is 1. The van der Waals surface area contributed by atoms with Crippen molar-refractivity contribution in [1.82, 2.24) is 10.4 Å². The van der Waals surface area contributed by atoms with Crippen LogP contribution in [0.5, 0.6) is 5.75 Å². The van der Waals surface area contributed by atoms with Crippen LogP contribution < -0.4 is 15.1 Å². The topological polar surface area (TPSA) is 102 Å². The second-order valence-corrected chi connectivity index (χ2v) is 8.38. The first kappa shape index (κ1) is 25.7. The molecule has 0 aliphatic carbocycles. The SMILES string of the molecule is CC(C)CC(C(=O)N1CCN(c2ccc(OCC(F)(F)F)cc2)C[C@H]1C)C(O)C(=O)NO. The second-order valence-electron chi connectivity index (χ2n) is 8.38. The molecule has 1 heterocycles. The molecule has 3 N–H and O–H groups in total. The first-order valence-electron chi connectivity index (χ1n) is 10.4. The predicted octanol–water partition coefficient (Wildman–Crippen LogP) is 2.19. The van der Waals surface area contributed by atoms with Gasteiger partial charge >= 0.3 is 6.18 Å². The highest BCUT2D eigenvalue weighted by Crippen LogP contribution is 2.26. The van der Waals surface area contributed by atoms with Gasteiger partial charge in [-0.1, -0.05) is 13.8 Å². The number of aliphatic hydroxyl groups is 1. The van der Waals surface area contributed by atoms with Crippen LogP contribution in [0, 0.1) is 11.8 Å². The molecule has 32 heavy (non-hydrogen) atoms. The number of piperazine rings is 1. The molecule has 1 aromatic rings. The van der Waals surface area contributed by atoms with E-state index in [-0.39, 0.29) is 30.0 Å². The van der Waals surface area contributed by atoms with Crippen molar-refractivity contribution in [3.05, 3.63) is 24.3 Å². The normalized spacial score (nSPS) is 19.0. The van der Waals surface area contributed by atoms with Gasteiger partial charge in [0.2, 0.25) is 5.91 Å². The molecule has 8 nitrogen and oxygen atoms in total. The van der Waals surface area contributed by atoms with Gasteiger partial charge in [0.1, 0.15) is 11.9 Å². The first-order chi connectivity index (χ1) is 14.9. The minimum atomic E-state index is -4.41. The average molecular weight is 461 g/mol. The summed E-state index contributed by atoms with van der Waals surface area (Å²) < 4.78 is 41.6. The standard InChI is InChI=1S/C21H30F3N3O5/c1-13(2)10-17(18(28)19(29)25-31)20(30)27-9-8-26(11-14(27)3)15-4-6-16(7-5-15)32-12-21(22,23)24/h4-7,13-14,17-18,28,31H,8-12H2,1-3H3,(H,25,29)/t14-,17?,18?/m1/s1. The van der Waals surface area contributed by atoms with E-state index >= 15 is 0 Å². The van der Waals surface area contributed by atoms with Crippen molar-refractivity contribution in [2.24, 2.45) is 11.8 Å². The Labute approximate surface area is 184 Å². The Kier molecular flexibility index (Phi) is 8.73. The van der Waals surface area contributed by atoms with E-state index in [1.807, 2.05) is 25.7 Å². The summed E-state index contributed by atoms with van der Waals surface area (Å²) >= 11 is 0. The smallest absolute Gasteiger partial charge is 0.422 e. The lowest BCUT2D eigenvalue weighted by Crippen LogP contribution is -2.57. The summed E-state index contributed by atoms with van der Waals surface area (Å²) in [5.41, 5.74) is 2.18. The Morgan fingerprint density at radius 2 is 1.84 bits per heavy atom. The lowest BCUT2D eigenvalue weighted by atomic mass is 9.89. The van der Waals surface area contributed by atoms with Crippen LogP contribution in [0.2, 0.25) is 0 Å². The minimum Gasteiger partial charge on any atom is -0.484 e. The van der Waals surface area contributed by atoms with Gasteiger partial charge < -0.3 is 19.6 Å². The quantitative estimate of drug-likeness (QED) is 0.405. The number of carbonyl (C=O) groups excluding carboxylic acids is 2. The fraction of sp³-hybridized carbons (Fsp3) is 0.619. The number of aliphatic hydroxyl groups excluding tert-OH is 1. The fourth-order valence-electron chi connectivity index (χ4n) is 3.77. The molecule has 1 aliphatic rings. The molecule has 2 rings (SSSR count). The molecule has 2 unspecified atom stereocenters. The van der Waals surface area contributed by atoms with Crippen molar-refractivity contribution >= 4 is 17.5 Å². The Hall–Kier alpha value is -2.53. The van der Waals surface area contributed by atoms with Gasteiger partial charge in [-0.3, -0.25) is 14.8 Å². The second kappa shape index (κ2) is 10.9. The molecule has 0 spiro atoms. The van der Waals surface area contributed by atoms with Crippen LogP contribution in [0.3, 0.4) is 0 Å². The van der Waals surface area contributed by atoms with Crippen molar-refractivity contribution in [3.63, 3.8) is 0 Å². The van der Waals surface area contributed by atoms with Gasteiger partial charge in [-0.2, -0.15) is 13.2 Å². The molecular formula is C21H30F3N3O5. The van der Waals surface area contributed by atoms with Crippen LogP contribution in [-0.2, 0) is 9.59 Å². The van der Waals surface area contributed by atoms with Crippen LogP contribution in [0.1, 0.15) is 27.2 Å². The summed E-state index contributed by atoms with van der Waals surface area (Å²) in [7, 11) is 0. The molecule has 3 atom stereocenters. The number of carbonyl (C=O) groups is 2. The van der Waals surface area contributed by atoms with Crippen LogP contribution >= 0.6 is 0 Å². The number of benzene rings is 1. The third-order valence-electron chi connectivity index (χ3n) is 5.32. The van der Waals surface area contributed by atoms with Gasteiger partial charge in [-0.25, -0.2) is 5.48 Å². The number of ether oxygens (including phenoxy) is 1. The Balaban J connectivity index is 2.03.